The maximum Gasteiger partial charge on any atom is 0.412 e. The molecule has 0 saturated heterocycles. The van der Waals surface area contributed by atoms with Crippen LogP contribution in [0.1, 0.15) is 10.4 Å². The van der Waals surface area contributed by atoms with Crippen molar-refractivity contribution in [3.63, 3.8) is 0 Å². The SMILES string of the molecule is CNC(=O)OC(C(O)C(=O)NC)C(OC(=O)NC)C(OC(=O)NC)C(OC(=O)NC)N(C)c1ccc2c(-c3ccccc3C=O)c3cc/c(=[N+](/C)C(OC(=O)NC)C(OC(=O)NC)C(OC(=O)NC)C(OC(=O)NC)C(O)C(=O)NC)cc-3oc2c1. The Morgan fingerprint density at radius 1 is 0.488 bits per heavy atom. The van der Waals surface area contributed by atoms with E-state index in [2.05, 4.69) is 53.2 Å². The summed E-state index contributed by atoms with van der Waals surface area (Å²) in [6, 6.07) is 15.3. The average Bonchev–Trinajstić information content (AvgIpc) is 1.29. The van der Waals surface area contributed by atoms with Crippen LogP contribution in [0, 0.1) is 0 Å². The van der Waals surface area contributed by atoms with E-state index in [4.69, 9.17) is 42.3 Å². The minimum Gasteiger partial charge on any atom is -0.456 e. The predicted molar refractivity (Wildman–Crippen MR) is 298 cm³/mol. The molecule has 10 amide bonds. The Morgan fingerprint density at radius 3 is 1.37 bits per heavy atom. The summed E-state index contributed by atoms with van der Waals surface area (Å²) in [6.45, 7) is 0. The van der Waals surface area contributed by atoms with E-state index in [0.29, 0.717) is 28.4 Å². The van der Waals surface area contributed by atoms with E-state index in [1.54, 1.807) is 36.4 Å². The van der Waals surface area contributed by atoms with E-state index in [-0.39, 0.29) is 28.0 Å². The van der Waals surface area contributed by atoms with Gasteiger partial charge in [-0.1, -0.05) is 24.3 Å². The van der Waals surface area contributed by atoms with Crippen molar-refractivity contribution in [3.8, 4) is 22.5 Å². The van der Waals surface area contributed by atoms with Gasteiger partial charge in [0.15, 0.2) is 42.9 Å². The third-order valence-corrected chi connectivity index (χ3v) is 12.7. The molecule has 10 unspecified atom stereocenters. The van der Waals surface area contributed by atoms with Crippen LogP contribution >= 0.6 is 0 Å². The van der Waals surface area contributed by atoms with Gasteiger partial charge in [-0.2, -0.15) is 4.58 Å². The zero-order valence-corrected chi connectivity index (χ0v) is 48.6. The highest BCUT2D eigenvalue weighted by atomic mass is 16.7. The summed E-state index contributed by atoms with van der Waals surface area (Å²) in [6.07, 6.45) is -31.3. The molecule has 0 bridgehead atoms. The van der Waals surface area contributed by atoms with E-state index >= 15 is 0 Å². The van der Waals surface area contributed by atoms with Gasteiger partial charge in [-0.25, -0.2) is 38.4 Å². The Labute approximate surface area is 490 Å². The van der Waals surface area contributed by atoms with Gasteiger partial charge < -0.3 is 111 Å². The molecule has 0 saturated carbocycles. The molecule has 0 radical (unpaired) electrons. The lowest BCUT2D eigenvalue weighted by molar-refractivity contribution is -0.158. The van der Waals surface area contributed by atoms with Gasteiger partial charge in [0.05, 0.1) is 6.07 Å². The molecule has 86 heavy (non-hydrogen) atoms. The largest absolute Gasteiger partial charge is 0.456 e. The molecule has 34 nitrogen and oxygen atoms in total. The van der Waals surface area contributed by atoms with E-state index < -0.39 is 122 Å². The highest BCUT2D eigenvalue weighted by Crippen LogP contribution is 2.42. The number of hydrogen-bond acceptors (Lipinski definition) is 23. The van der Waals surface area contributed by atoms with Gasteiger partial charge in [0.2, 0.25) is 23.8 Å². The fourth-order valence-electron chi connectivity index (χ4n) is 8.32. The highest BCUT2D eigenvalue weighted by Gasteiger charge is 2.53. The Kier molecular flexibility index (Phi) is 25.3. The number of carbonyl (C=O) groups excluding carboxylic acids is 11. The Bertz CT molecular complexity index is 3160. The van der Waals surface area contributed by atoms with Crippen molar-refractivity contribution >= 4 is 83.5 Å². The van der Waals surface area contributed by atoms with E-state index in [1.807, 2.05) is 0 Å². The number of carbonyl (C=O) groups is 11. The Hall–Kier alpha value is -10.4. The number of anilines is 1. The molecule has 1 aliphatic carbocycles. The topological polar surface area (TPSA) is 442 Å². The maximum absolute atomic E-state index is 13.4. The van der Waals surface area contributed by atoms with Gasteiger partial charge in [-0.05, 0) is 23.8 Å². The molecule has 0 fully saturated rings. The lowest BCUT2D eigenvalue weighted by Crippen LogP contribution is -2.62. The molecule has 2 aliphatic rings. The molecule has 34 heteroatoms. The van der Waals surface area contributed by atoms with E-state index in [0.717, 1.165) is 56.4 Å². The number of amides is 10. The minimum absolute atomic E-state index is 0.00995. The number of aldehydes is 1. The number of aliphatic hydroxyl groups excluding tert-OH is 2. The predicted octanol–water partition coefficient (Wildman–Crippen LogP) is -1.22. The second-order valence-corrected chi connectivity index (χ2v) is 17.7. The number of alkyl carbamates (subject to hydrolysis) is 8. The van der Waals surface area contributed by atoms with Crippen molar-refractivity contribution in [2.75, 3.05) is 89.5 Å². The summed E-state index contributed by atoms with van der Waals surface area (Å²) in [7, 11) is 14.1. The Morgan fingerprint density at radius 2 is 0.907 bits per heavy atom. The fraction of sp³-hybridized carbons (Fsp3) is 0.423. The number of benzene rings is 3. The molecular formula is C52H69N12O22+. The molecule has 468 valence electrons. The van der Waals surface area contributed by atoms with Crippen molar-refractivity contribution in [3.05, 3.63) is 71.6 Å². The van der Waals surface area contributed by atoms with Crippen molar-refractivity contribution < 1.29 is 105 Å². The van der Waals surface area contributed by atoms with Crippen molar-refractivity contribution in [2.45, 2.75) is 61.3 Å². The van der Waals surface area contributed by atoms with Crippen LogP contribution < -0.4 is 68.0 Å². The van der Waals surface area contributed by atoms with Crippen LogP contribution in [0.4, 0.5) is 44.0 Å². The standard InChI is InChI=1S/C52H68N12O22/c1-53-41(68)33(66)35(79-45(70)55-3)37(81-47(72)57-5)39(83-49(74)59-7)43(85-51(76)61-9)63(11)25-17-19-28-30(21-25)78-31-22-26(18-20-29(31)32(28)27-16-14-13-15-24(27)23-65)64(12)44(86-52(77)62-10)40(84-50(75)60-8)38(82-48(73)58-6)36(80-46(71)56-4)34(67)42(69)54-2/h13-23,33-40,43-44,66-67H,1-12H3,(H9-,53,54,55,56,57,58,59,60,61,62,68,69,70,71,72,73,74,75,76,77)/p+1. The monoisotopic (exact) mass is 1210 g/mol. The van der Waals surface area contributed by atoms with E-state index in [1.165, 1.54) is 61.9 Å². The quantitative estimate of drug-likeness (QED) is 0.0136. The number of ether oxygens (including phenoxy) is 8. The summed E-state index contributed by atoms with van der Waals surface area (Å²) in [4.78, 5) is 145. The normalized spacial score (nSPS) is 14.6. The van der Waals surface area contributed by atoms with Gasteiger partial charge in [0.25, 0.3) is 11.8 Å². The average molecular weight is 1210 g/mol. The zero-order valence-electron chi connectivity index (χ0n) is 48.6. The molecule has 12 N–H and O–H groups in total. The summed E-state index contributed by atoms with van der Waals surface area (Å²) >= 11 is 0. The molecule has 2 aromatic carbocycles. The van der Waals surface area contributed by atoms with Crippen molar-refractivity contribution in [2.24, 2.45) is 0 Å². The number of rotatable bonds is 23. The molecule has 0 spiro atoms. The Balaban J connectivity index is 2.22. The van der Waals surface area contributed by atoms with Crippen LogP contribution in [-0.2, 0) is 47.5 Å². The molecule has 2 aromatic rings. The van der Waals surface area contributed by atoms with Gasteiger partial charge in [0.1, 0.15) is 18.4 Å². The number of nitrogens with zero attached hydrogens (tertiary/aromatic N) is 2. The fourth-order valence-corrected chi connectivity index (χ4v) is 8.32. The third-order valence-electron chi connectivity index (χ3n) is 12.7. The van der Waals surface area contributed by atoms with Gasteiger partial charge in [-0.3, -0.25) is 14.4 Å². The summed E-state index contributed by atoms with van der Waals surface area (Å²) in [5, 5.41) is 45.1. The van der Waals surface area contributed by atoms with Crippen LogP contribution in [0.25, 0.3) is 33.4 Å². The van der Waals surface area contributed by atoms with Crippen LogP contribution in [0.2, 0.25) is 0 Å². The van der Waals surface area contributed by atoms with Crippen LogP contribution in [0.5, 0.6) is 0 Å². The second kappa shape index (κ2) is 31.9. The molecular weight excluding hydrogens is 1140 g/mol. The van der Waals surface area contributed by atoms with Gasteiger partial charge >= 0.3 is 55.0 Å². The second-order valence-electron chi connectivity index (χ2n) is 17.7. The highest BCUT2D eigenvalue weighted by molar-refractivity contribution is 6.06. The number of fused-ring (bicyclic) bond motifs is 2. The van der Waals surface area contributed by atoms with Gasteiger partial charge in [-0.15, -0.1) is 0 Å². The first-order valence-electron chi connectivity index (χ1n) is 25.7. The van der Waals surface area contributed by atoms with E-state index in [9.17, 15) is 63.0 Å². The number of aliphatic hydroxyl groups is 2. The first kappa shape index (κ1) is 68.1. The third kappa shape index (κ3) is 16.7. The summed E-state index contributed by atoms with van der Waals surface area (Å²) in [5.41, 5.74) is 1.30. The number of hydrogen-bond donors (Lipinski definition) is 12. The number of nitrogens with one attached hydrogen (secondary N) is 10. The van der Waals surface area contributed by atoms with Gasteiger partial charge in [0, 0.05) is 117 Å². The minimum atomic E-state index is -2.36. The first-order chi connectivity index (χ1) is 40.9. The molecule has 0 aromatic heterocycles. The van der Waals surface area contributed by atoms with Crippen LogP contribution in [-0.4, -0.2) is 223 Å². The molecule has 1 heterocycles. The number of likely N-dealkylation sites (N-methyl/N-ethyl adjacent to an activating group) is 4. The van der Waals surface area contributed by atoms with Crippen molar-refractivity contribution in [1.29, 1.82) is 0 Å². The maximum atomic E-state index is 13.4. The lowest BCUT2D eigenvalue weighted by Gasteiger charge is -2.40. The molecule has 1 aliphatic heterocycles. The summed E-state index contributed by atoms with van der Waals surface area (Å²) in [5.74, 6) is -2.35. The van der Waals surface area contributed by atoms with Crippen molar-refractivity contribution in [1.82, 2.24) is 57.7 Å². The molecule has 4 rings (SSSR count). The first-order valence-corrected chi connectivity index (χ1v) is 25.7. The van der Waals surface area contributed by atoms with Crippen LogP contribution in [0.3, 0.4) is 0 Å². The summed E-state index contributed by atoms with van der Waals surface area (Å²) < 4.78 is 52.9. The zero-order chi connectivity index (χ0) is 64.1. The lowest BCUT2D eigenvalue weighted by atomic mass is 9.91. The molecule has 10 atom stereocenters. The smallest absolute Gasteiger partial charge is 0.412 e. The van der Waals surface area contributed by atoms with Crippen LogP contribution in [0.15, 0.2) is 65.1 Å².